The fourth-order valence-electron chi connectivity index (χ4n) is 2.21. The zero-order valence-corrected chi connectivity index (χ0v) is 16.5. The minimum atomic E-state index is 0.201. The second-order valence-electron chi connectivity index (χ2n) is 5.56. The number of aromatic nitrogens is 2. The van der Waals surface area contributed by atoms with Crippen molar-refractivity contribution in [2.75, 3.05) is 19.5 Å². The molecular weight excluding hydrogens is 388 g/mol. The normalized spacial score (nSPS) is 10.6. The minimum absolute atomic E-state index is 0.201. The number of thioether (sulfide) groups is 1. The lowest BCUT2D eigenvalue weighted by atomic mass is 10.2. The second kappa shape index (κ2) is 9.53. The maximum atomic E-state index is 5.84. The summed E-state index contributed by atoms with van der Waals surface area (Å²) in [6.07, 6.45) is 0. The molecule has 2 aromatic carbocycles. The number of ether oxygens (including phenoxy) is 3. The van der Waals surface area contributed by atoms with Crippen LogP contribution < -0.4 is 14.2 Å². The summed E-state index contributed by atoms with van der Waals surface area (Å²) < 4.78 is 22.2. The van der Waals surface area contributed by atoms with Crippen LogP contribution in [0.4, 0.5) is 0 Å². The third kappa shape index (κ3) is 5.80. The molecule has 0 N–H and O–H groups in total. The molecule has 6 nitrogen and oxygen atoms in total. The van der Waals surface area contributed by atoms with Crippen LogP contribution in [0.5, 0.6) is 17.2 Å². The molecule has 0 fully saturated rings. The van der Waals surface area contributed by atoms with Crippen molar-refractivity contribution in [3.63, 3.8) is 0 Å². The van der Waals surface area contributed by atoms with Crippen LogP contribution >= 0.6 is 23.4 Å². The molecule has 0 bridgehead atoms. The average molecular weight is 407 g/mol. The number of halogens is 1. The first kappa shape index (κ1) is 19.4. The van der Waals surface area contributed by atoms with Gasteiger partial charge in [0.25, 0.3) is 11.1 Å². The summed E-state index contributed by atoms with van der Waals surface area (Å²) >= 11 is 7.26. The molecule has 0 saturated heterocycles. The van der Waals surface area contributed by atoms with Crippen LogP contribution in [0.2, 0.25) is 5.02 Å². The quantitative estimate of drug-likeness (QED) is 0.374. The van der Waals surface area contributed by atoms with Gasteiger partial charge in [-0.25, -0.2) is 0 Å². The van der Waals surface area contributed by atoms with Crippen molar-refractivity contribution in [3.8, 4) is 17.2 Å². The van der Waals surface area contributed by atoms with Gasteiger partial charge in [0, 0.05) is 10.8 Å². The van der Waals surface area contributed by atoms with E-state index in [4.69, 9.17) is 30.2 Å². The predicted octanol–water partition coefficient (Wildman–Crippen LogP) is 4.79. The molecule has 27 heavy (non-hydrogen) atoms. The van der Waals surface area contributed by atoms with Gasteiger partial charge in [0.2, 0.25) is 0 Å². The smallest absolute Gasteiger partial charge is 0.276 e. The number of aryl methyl sites for hydroxylation is 1. The van der Waals surface area contributed by atoms with Crippen molar-refractivity contribution in [2.45, 2.75) is 18.8 Å². The summed E-state index contributed by atoms with van der Waals surface area (Å²) in [7, 11) is 1.63. The van der Waals surface area contributed by atoms with Gasteiger partial charge in [-0.2, -0.15) is 0 Å². The highest BCUT2D eigenvalue weighted by molar-refractivity contribution is 7.99. The van der Waals surface area contributed by atoms with Crippen LogP contribution in [-0.4, -0.2) is 29.7 Å². The zero-order valence-electron chi connectivity index (χ0n) is 15.0. The van der Waals surface area contributed by atoms with Gasteiger partial charge in [0.1, 0.15) is 5.75 Å². The first-order valence-corrected chi connectivity index (χ1v) is 9.61. The van der Waals surface area contributed by atoms with Crippen LogP contribution in [-0.2, 0) is 6.61 Å². The van der Waals surface area contributed by atoms with Gasteiger partial charge >= 0.3 is 0 Å². The van der Waals surface area contributed by atoms with E-state index in [9.17, 15) is 0 Å². The summed E-state index contributed by atoms with van der Waals surface area (Å²) in [4.78, 5) is 0. The fraction of sp³-hybridized carbons (Fsp3) is 0.263. The molecule has 0 amide bonds. The summed E-state index contributed by atoms with van der Waals surface area (Å²) in [5.74, 6) is 3.20. The highest BCUT2D eigenvalue weighted by Gasteiger charge is 2.09. The van der Waals surface area contributed by atoms with Crippen LogP contribution in [0, 0.1) is 6.92 Å². The maximum Gasteiger partial charge on any atom is 0.276 e. The molecule has 1 aromatic heterocycles. The van der Waals surface area contributed by atoms with Gasteiger partial charge in [0.05, 0.1) is 13.7 Å². The Kier molecular flexibility index (Phi) is 6.84. The number of methoxy groups -OCH3 is 1. The zero-order chi connectivity index (χ0) is 19.1. The molecule has 0 spiro atoms. The van der Waals surface area contributed by atoms with Crippen molar-refractivity contribution in [3.05, 3.63) is 58.9 Å². The fourth-order valence-corrected chi connectivity index (χ4v) is 2.93. The topological polar surface area (TPSA) is 66.6 Å². The molecule has 0 aliphatic rings. The minimum Gasteiger partial charge on any atom is -0.493 e. The van der Waals surface area contributed by atoms with Gasteiger partial charge in [-0.1, -0.05) is 29.4 Å². The highest BCUT2D eigenvalue weighted by atomic mass is 35.5. The lowest BCUT2D eigenvalue weighted by molar-refractivity contribution is 0.252. The number of nitrogens with zero attached hydrogens (tertiary/aromatic N) is 2. The Hall–Kier alpha value is -2.38. The van der Waals surface area contributed by atoms with Crippen LogP contribution in [0.1, 0.15) is 11.5 Å². The van der Waals surface area contributed by atoms with Crippen LogP contribution in [0.3, 0.4) is 0 Å². The first-order chi connectivity index (χ1) is 13.1. The third-order valence-corrected chi connectivity index (χ3v) is 4.54. The lowest BCUT2D eigenvalue weighted by Gasteiger charge is -2.10. The molecule has 0 atom stereocenters. The van der Waals surface area contributed by atoms with E-state index in [0.717, 1.165) is 11.3 Å². The van der Waals surface area contributed by atoms with Gasteiger partial charge in [-0.15, -0.1) is 10.2 Å². The number of hydrogen-bond acceptors (Lipinski definition) is 7. The molecule has 3 rings (SSSR count). The summed E-state index contributed by atoms with van der Waals surface area (Å²) in [5.41, 5.74) is 1.12. The van der Waals surface area contributed by atoms with Crippen molar-refractivity contribution in [2.24, 2.45) is 0 Å². The van der Waals surface area contributed by atoms with E-state index in [1.807, 2.05) is 25.1 Å². The Morgan fingerprint density at radius 2 is 1.85 bits per heavy atom. The van der Waals surface area contributed by atoms with E-state index < -0.39 is 0 Å². The Morgan fingerprint density at radius 3 is 2.63 bits per heavy atom. The molecule has 1 heterocycles. The van der Waals surface area contributed by atoms with E-state index >= 15 is 0 Å². The molecule has 0 saturated carbocycles. The summed E-state index contributed by atoms with van der Waals surface area (Å²) in [6.45, 7) is 2.70. The Morgan fingerprint density at radius 1 is 1.04 bits per heavy atom. The van der Waals surface area contributed by atoms with Gasteiger partial charge in [-0.05, 0) is 48.9 Å². The highest BCUT2D eigenvalue weighted by Crippen LogP contribution is 2.28. The van der Waals surface area contributed by atoms with Crippen LogP contribution in [0.15, 0.2) is 52.1 Å². The van der Waals surface area contributed by atoms with Crippen molar-refractivity contribution >= 4 is 23.4 Å². The van der Waals surface area contributed by atoms with Crippen LogP contribution in [0.25, 0.3) is 0 Å². The van der Waals surface area contributed by atoms with Crippen molar-refractivity contribution < 1.29 is 18.6 Å². The molecule has 142 valence electrons. The molecule has 3 aromatic rings. The van der Waals surface area contributed by atoms with Crippen molar-refractivity contribution in [1.29, 1.82) is 0 Å². The maximum absolute atomic E-state index is 5.84. The van der Waals surface area contributed by atoms with E-state index in [-0.39, 0.29) is 6.61 Å². The molecular formula is C19H19ClN2O4S. The SMILES string of the molecule is COc1cc(C)ccc1OCCSc1nnc(COc2ccc(Cl)cc2)o1. The van der Waals surface area contributed by atoms with Gasteiger partial charge in [-0.3, -0.25) is 0 Å². The summed E-state index contributed by atoms with van der Waals surface area (Å²) in [6, 6.07) is 12.9. The third-order valence-electron chi connectivity index (χ3n) is 3.51. The largest absolute Gasteiger partial charge is 0.493 e. The second-order valence-corrected chi connectivity index (χ2v) is 7.04. The van der Waals surface area contributed by atoms with E-state index in [2.05, 4.69) is 10.2 Å². The Labute approximate surface area is 166 Å². The van der Waals surface area contributed by atoms with E-state index in [1.165, 1.54) is 11.8 Å². The Balaban J connectivity index is 1.42. The lowest BCUT2D eigenvalue weighted by Crippen LogP contribution is -2.01. The Bertz CT molecular complexity index is 870. The van der Waals surface area contributed by atoms with Crippen molar-refractivity contribution in [1.82, 2.24) is 10.2 Å². The number of hydrogen-bond donors (Lipinski definition) is 0. The first-order valence-electron chi connectivity index (χ1n) is 8.25. The molecule has 0 aliphatic heterocycles. The molecule has 0 aliphatic carbocycles. The monoisotopic (exact) mass is 406 g/mol. The molecule has 8 heteroatoms. The van der Waals surface area contributed by atoms with E-state index in [1.54, 1.807) is 31.4 Å². The molecule has 0 radical (unpaired) electrons. The number of rotatable bonds is 9. The van der Waals surface area contributed by atoms with Gasteiger partial charge in [0.15, 0.2) is 18.1 Å². The number of benzene rings is 2. The van der Waals surface area contributed by atoms with E-state index in [0.29, 0.717) is 40.0 Å². The summed E-state index contributed by atoms with van der Waals surface area (Å²) in [5, 5.41) is 9.10. The molecule has 0 unspecified atom stereocenters. The standard InChI is InChI=1S/C19H19ClN2O4S/c1-13-3-8-16(17(11-13)23-2)24-9-10-27-19-22-21-18(26-19)12-25-15-6-4-14(20)5-7-15/h3-8,11H,9-10,12H2,1-2H3. The van der Waals surface area contributed by atoms with Gasteiger partial charge < -0.3 is 18.6 Å². The predicted molar refractivity (Wildman–Crippen MR) is 104 cm³/mol. The average Bonchev–Trinajstić information content (AvgIpc) is 3.13.